The van der Waals surface area contributed by atoms with Crippen LogP contribution < -0.4 is 4.74 Å². The van der Waals surface area contributed by atoms with E-state index in [4.69, 9.17) is 25.8 Å². The van der Waals surface area contributed by atoms with Gasteiger partial charge in [0.2, 0.25) is 0 Å². The first-order chi connectivity index (χ1) is 15.6. The van der Waals surface area contributed by atoms with E-state index < -0.39 is 11.9 Å². The van der Waals surface area contributed by atoms with Crippen molar-refractivity contribution in [3.05, 3.63) is 64.7 Å². The quantitative estimate of drug-likeness (QED) is 0.214. The maximum absolute atomic E-state index is 12.5. The van der Waals surface area contributed by atoms with Gasteiger partial charge in [-0.25, -0.2) is 9.59 Å². The van der Waals surface area contributed by atoms with E-state index >= 15 is 0 Å². The van der Waals surface area contributed by atoms with Crippen molar-refractivity contribution in [3.8, 4) is 5.75 Å². The Bertz CT molecular complexity index is 836. The van der Waals surface area contributed by atoms with Crippen LogP contribution in [0.1, 0.15) is 79.0 Å². The summed E-state index contributed by atoms with van der Waals surface area (Å²) in [5, 5.41) is 0.489. The maximum atomic E-state index is 12.5. The summed E-state index contributed by atoms with van der Waals surface area (Å²) in [6.07, 6.45) is 9.36. The molecular formula is C26H33ClO5. The predicted octanol–water partition coefficient (Wildman–Crippen LogP) is 6.87. The number of esters is 2. The summed E-state index contributed by atoms with van der Waals surface area (Å²) < 4.78 is 16.2. The van der Waals surface area contributed by atoms with Crippen molar-refractivity contribution in [3.63, 3.8) is 0 Å². The van der Waals surface area contributed by atoms with E-state index in [1.165, 1.54) is 32.1 Å². The van der Waals surface area contributed by atoms with Gasteiger partial charge in [0.25, 0.3) is 0 Å². The van der Waals surface area contributed by atoms with Crippen molar-refractivity contribution in [1.29, 1.82) is 0 Å². The van der Waals surface area contributed by atoms with E-state index in [1.54, 1.807) is 42.5 Å². The molecule has 6 heteroatoms. The van der Waals surface area contributed by atoms with Crippen molar-refractivity contribution < 1.29 is 23.8 Å². The van der Waals surface area contributed by atoms with Crippen molar-refractivity contribution in [1.82, 2.24) is 0 Å². The molecule has 2 aromatic carbocycles. The number of benzene rings is 2. The zero-order valence-electron chi connectivity index (χ0n) is 18.8. The largest absolute Gasteiger partial charge is 0.488 e. The van der Waals surface area contributed by atoms with Gasteiger partial charge in [0.05, 0.1) is 22.8 Å². The summed E-state index contributed by atoms with van der Waals surface area (Å²) in [6.45, 7) is 2.75. The third kappa shape index (κ3) is 9.31. The Hall–Kier alpha value is -2.53. The van der Waals surface area contributed by atoms with Gasteiger partial charge in [-0.1, -0.05) is 87.7 Å². The predicted molar refractivity (Wildman–Crippen MR) is 127 cm³/mol. The third-order valence-electron chi connectivity index (χ3n) is 5.01. The Kier molecular flexibility index (Phi) is 12.3. The van der Waals surface area contributed by atoms with Gasteiger partial charge in [0, 0.05) is 0 Å². The molecule has 0 bridgehead atoms. The Labute approximate surface area is 196 Å². The second kappa shape index (κ2) is 15.3. The van der Waals surface area contributed by atoms with Gasteiger partial charge < -0.3 is 14.2 Å². The molecule has 0 fully saturated rings. The Morgan fingerprint density at radius 2 is 1.22 bits per heavy atom. The van der Waals surface area contributed by atoms with E-state index in [0.717, 1.165) is 19.3 Å². The summed E-state index contributed by atoms with van der Waals surface area (Å²) >= 11 is 6.03. The number of carbonyl (C=O) groups is 2. The van der Waals surface area contributed by atoms with Gasteiger partial charge in [-0.2, -0.15) is 0 Å². The highest BCUT2D eigenvalue weighted by atomic mass is 35.5. The van der Waals surface area contributed by atoms with Crippen LogP contribution in [0.5, 0.6) is 5.75 Å². The van der Waals surface area contributed by atoms with Crippen molar-refractivity contribution in [2.45, 2.75) is 58.3 Å². The minimum atomic E-state index is -0.590. The minimum Gasteiger partial charge on any atom is -0.488 e. The Balaban J connectivity index is 1.71. The fraction of sp³-hybridized carbons (Fsp3) is 0.462. The topological polar surface area (TPSA) is 61.8 Å². The van der Waals surface area contributed by atoms with Crippen LogP contribution in [0.2, 0.25) is 5.02 Å². The van der Waals surface area contributed by atoms with Crippen LogP contribution in [0.4, 0.5) is 0 Å². The molecule has 0 amide bonds. The molecule has 0 aliphatic carbocycles. The van der Waals surface area contributed by atoms with Crippen LogP contribution >= 0.6 is 11.6 Å². The van der Waals surface area contributed by atoms with Crippen molar-refractivity contribution in [2.24, 2.45) is 0 Å². The van der Waals surface area contributed by atoms with Crippen LogP contribution in [0.25, 0.3) is 0 Å². The van der Waals surface area contributed by atoms with Crippen molar-refractivity contribution >= 4 is 23.5 Å². The van der Waals surface area contributed by atoms with Gasteiger partial charge in [-0.05, 0) is 30.7 Å². The molecule has 0 saturated carbocycles. The van der Waals surface area contributed by atoms with Crippen molar-refractivity contribution in [2.75, 3.05) is 19.8 Å². The molecule has 0 aliphatic heterocycles. The van der Waals surface area contributed by atoms with Crippen LogP contribution in [0.3, 0.4) is 0 Å². The molecule has 0 aromatic heterocycles. The van der Waals surface area contributed by atoms with Crippen LogP contribution in [0, 0.1) is 0 Å². The lowest BCUT2D eigenvalue weighted by Crippen LogP contribution is -2.17. The fourth-order valence-corrected chi connectivity index (χ4v) is 3.43. The number of para-hydroxylation sites is 1. The average Bonchev–Trinajstić information content (AvgIpc) is 2.81. The average molecular weight is 461 g/mol. The van der Waals surface area contributed by atoms with Gasteiger partial charge in [-0.3, -0.25) is 0 Å². The second-order valence-corrected chi connectivity index (χ2v) is 7.98. The highest BCUT2D eigenvalue weighted by Crippen LogP contribution is 2.23. The first-order valence-corrected chi connectivity index (χ1v) is 11.8. The standard InChI is InChI=1S/C26H33ClO5/c1-2-3-4-5-6-7-8-13-18-31-25(28)21-14-9-10-15-22(21)26(29)32-20-19-30-24-17-12-11-16-23(24)27/h9-12,14-17H,2-8,13,18-20H2,1H3. The molecule has 0 spiro atoms. The molecule has 0 unspecified atom stereocenters. The molecule has 0 atom stereocenters. The summed E-state index contributed by atoms with van der Waals surface area (Å²) in [7, 11) is 0. The van der Waals surface area contributed by atoms with Crippen LogP contribution in [-0.4, -0.2) is 31.8 Å². The summed E-state index contributed by atoms with van der Waals surface area (Å²) in [5.41, 5.74) is 0.398. The molecule has 174 valence electrons. The summed E-state index contributed by atoms with van der Waals surface area (Å²) in [5.74, 6) is -0.574. The number of unbranched alkanes of at least 4 members (excludes halogenated alkanes) is 7. The molecule has 0 saturated heterocycles. The Morgan fingerprint density at radius 3 is 1.84 bits per heavy atom. The van der Waals surface area contributed by atoms with E-state index in [9.17, 15) is 9.59 Å². The first kappa shape index (κ1) is 25.7. The van der Waals surface area contributed by atoms with E-state index in [-0.39, 0.29) is 24.3 Å². The van der Waals surface area contributed by atoms with Crippen LogP contribution in [-0.2, 0) is 9.47 Å². The van der Waals surface area contributed by atoms with E-state index in [2.05, 4.69) is 6.92 Å². The molecule has 32 heavy (non-hydrogen) atoms. The molecule has 5 nitrogen and oxygen atoms in total. The minimum absolute atomic E-state index is 0.0334. The lowest BCUT2D eigenvalue weighted by molar-refractivity contribution is 0.0422. The van der Waals surface area contributed by atoms with Gasteiger partial charge in [0.1, 0.15) is 19.0 Å². The van der Waals surface area contributed by atoms with Crippen LogP contribution in [0.15, 0.2) is 48.5 Å². The lowest BCUT2D eigenvalue weighted by Gasteiger charge is -2.11. The molecule has 2 rings (SSSR count). The van der Waals surface area contributed by atoms with Gasteiger partial charge in [-0.15, -0.1) is 0 Å². The molecule has 0 radical (unpaired) electrons. The Morgan fingerprint density at radius 1 is 0.688 bits per heavy atom. The number of halogens is 1. The second-order valence-electron chi connectivity index (χ2n) is 7.57. The number of carbonyl (C=O) groups excluding carboxylic acids is 2. The van der Waals surface area contributed by atoms with Gasteiger partial charge in [0.15, 0.2) is 0 Å². The summed E-state index contributed by atoms with van der Waals surface area (Å²) in [6, 6.07) is 13.6. The molecule has 2 aromatic rings. The first-order valence-electron chi connectivity index (χ1n) is 11.4. The zero-order valence-corrected chi connectivity index (χ0v) is 19.6. The number of ether oxygens (including phenoxy) is 3. The molecule has 0 aliphatic rings. The van der Waals surface area contributed by atoms with E-state index in [1.807, 2.05) is 6.07 Å². The third-order valence-corrected chi connectivity index (χ3v) is 5.32. The maximum Gasteiger partial charge on any atom is 0.339 e. The number of rotatable bonds is 15. The lowest BCUT2D eigenvalue weighted by atomic mass is 10.1. The zero-order chi connectivity index (χ0) is 23.0. The SMILES string of the molecule is CCCCCCCCCCOC(=O)c1ccccc1C(=O)OCCOc1ccccc1Cl. The molecule has 0 N–H and O–H groups in total. The number of hydrogen-bond acceptors (Lipinski definition) is 5. The fourth-order valence-electron chi connectivity index (χ4n) is 3.24. The highest BCUT2D eigenvalue weighted by Gasteiger charge is 2.19. The number of hydrogen-bond donors (Lipinski definition) is 0. The summed E-state index contributed by atoms with van der Waals surface area (Å²) in [4.78, 5) is 24.9. The molecule has 0 heterocycles. The highest BCUT2D eigenvalue weighted by molar-refractivity contribution is 6.32. The molecular weight excluding hydrogens is 428 g/mol. The smallest absolute Gasteiger partial charge is 0.339 e. The van der Waals surface area contributed by atoms with Gasteiger partial charge >= 0.3 is 11.9 Å². The normalized spacial score (nSPS) is 10.6. The van der Waals surface area contributed by atoms with E-state index in [0.29, 0.717) is 17.4 Å². The monoisotopic (exact) mass is 460 g/mol.